The highest BCUT2D eigenvalue weighted by Gasteiger charge is 2.31. The van der Waals surface area contributed by atoms with Crippen LogP contribution in [0.4, 0.5) is 4.79 Å². The van der Waals surface area contributed by atoms with Gasteiger partial charge in [-0.3, -0.25) is 0 Å². The Labute approximate surface area is 118 Å². The van der Waals surface area contributed by atoms with Crippen LogP contribution in [0.3, 0.4) is 0 Å². The molecule has 4 heteroatoms. The molecule has 0 spiro atoms. The lowest BCUT2D eigenvalue weighted by Gasteiger charge is -2.21. The number of carbonyl (C=O) groups is 1. The second-order valence-electron chi connectivity index (χ2n) is 6.60. The fourth-order valence-corrected chi connectivity index (χ4v) is 2.59. The average Bonchev–Trinajstić information content (AvgIpc) is 2.57. The van der Waals surface area contributed by atoms with Crippen molar-refractivity contribution in [3.63, 3.8) is 0 Å². The monoisotopic (exact) mass is 270 g/mol. The van der Waals surface area contributed by atoms with Gasteiger partial charge >= 0.3 is 6.09 Å². The van der Waals surface area contributed by atoms with Gasteiger partial charge in [-0.05, 0) is 31.7 Å². The van der Waals surface area contributed by atoms with Crippen molar-refractivity contribution in [2.75, 3.05) is 33.2 Å². The Morgan fingerprint density at radius 1 is 1.32 bits per heavy atom. The van der Waals surface area contributed by atoms with E-state index in [1.165, 1.54) is 6.42 Å². The normalized spacial score (nSPS) is 19.9. The lowest BCUT2D eigenvalue weighted by atomic mass is 10.1. The van der Waals surface area contributed by atoms with E-state index in [0.29, 0.717) is 11.8 Å². The summed E-state index contributed by atoms with van der Waals surface area (Å²) in [5.74, 6) is 1.34. The largest absolute Gasteiger partial charge is 0.443 e. The predicted molar refractivity (Wildman–Crippen MR) is 78.2 cm³/mol. The lowest BCUT2D eigenvalue weighted by Crippen LogP contribution is -2.34. The van der Waals surface area contributed by atoms with Gasteiger partial charge in [0.15, 0.2) is 0 Å². The molecule has 0 N–H and O–H groups in total. The van der Waals surface area contributed by atoms with Gasteiger partial charge in [0.05, 0.1) is 6.54 Å². The molecule has 1 fully saturated rings. The van der Waals surface area contributed by atoms with Crippen molar-refractivity contribution in [1.29, 1.82) is 0 Å². The van der Waals surface area contributed by atoms with Gasteiger partial charge < -0.3 is 14.5 Å². The highest BCUT2D eigenvalue weighted by Crippen LogP contribution is 2.14. The number of cyclic esters (lactones) is 1. The minimum Gasteiger partial charge on any atom is -0.443 e. The molecule has 1 atom stereocenters. The molecule has 1 amide bonds. The minimum atomic E-state index is -0.133. The molecule has 0 aromatic carbocycles. The zero-order chi connectivity index (χ0) is 14.4. The summed E-state index contributed by atoms with van der Waals surface area (Å²) in [7, 11) is 2.09. The Bertz CT molecular complexity index is 279. The Morgan fingerprint density at radius 2 is 2.00 bits per heavy atom. The summed E-state index contributed by atoms with van der Waals surface area (Å²) in [6, 6.07) is 0. The SMILES string of the molecule is CC(C)CCCN1C[C@@H](CN(C)CC(C)C)OC1=O. The van der Waals surface area contributed by atoms with Crippen molar-refractivity contribution in [2.45, 2.75) is 46.6 Å². The highest BCUT2D eigenvalue weighted by molar-refractivity contribution is 5.69. The van der Waals surface area contributed by atoms with Crippen LogP contribution in [0.1, 0.15) is 40.5 Å². The summed E-state index contributed by atoms with van der Waals surface area (Å²) in [6.07, 6.45) is 2.14. The van der Waals surface area contributed by atoms with Gasteiger partial charge in [0.2, 0.25) is 0 Å². The average molecular weight is 270 g/mol. The first-order chi connectivity index (χ1) is 8.88. The minimum absolute atomic E-state index is 0.0373. The lowest BCUT2D eigenvalue weighted by molar-refractivity contribution is 0.110. The fraction of sp³-hybridized carbons (Fsp3) is 0.933. The number of ether oxygens (including phenoxy) is 1. The molecule has 0 radical (unpaired) electrons. The Morgan fingerprint density at radius 3 is 2.58 bits per heavy atom. The number of likely N-dealkylation sites (N-methyl/N-ethyl adjacent to an activating group) is 1. The van der Waals surface area contributed by atoms with Crippen molar-refractivity contribution in [2.24, 2.45) is 11.8 Å². The zero-order valence-electron chi connectivity index (χ0n) is 13.2. The van der Waals surface area contributed by atoms with Gasteiger partial charge in [0, 0.05) is 19.6 Å². The van der Waals surface area contributed by atoms with Crippen LogP contribution >= 0.6 is 0 Å². The van der Waals surface area contributed by atoms with Crippen LogP contribution in [0.2, 0.25) is 0 Å². The molecule has 0 unspecified atom stereocenters. The Balaban J connectivity index is 2.27. The maximum atomic E-state index is 11.7. The molecule has 0 bridgehead atoms. The number of amides is 1. The third-order valence-electron chi connectivity index (χ3n) is 3.35. The summed E-state index contributed by atoms with van der Waals surface area (Å²) in [5.41, 5.74) is 0. The van der Waals surface area contributed by atoms with E-state index in [2.05, 4.69) is 39.6 Å². The first-order valence-corrected chi connectivity index (χ1v) is 7.52. The van der Waals surface area contributed by atoms with E-state index < -0.39 is 0 Å². The van der Waals surface area contributed by atoms with Crippen LogP contribution in [0.5, 0.6) is 0 Å². The maximum Gasteiger partial charge on any atom is 0.410 e. The molecule has 0 saturated carbocycles. The quantitative estimate of drug-likeness (QED) is 0.680. The molecule has 112 valence electrons. The van der Waals surface area contributed by atoms with E-state index in [1.807, 2.05) is 4.90 Å². The van der Waals surface area contributed by atoms with Gasteiger partial charge in [-0.2, -0.15) is 0 Å². The van der Waals surface area contributed by atoms with E-state index in [4.69, 9.17) is 4.74 Å². The Kier molecular flexibility index (Phi) is 6.63. The van der Waals surface area contributed by atoms with Crippen LogP contribution in [-0.2, 0) is 4.74 Å². The summed E-state index contributed by atoms with van der Waals surface area (Å²) in [4.78, 5) is 15.9. The molecule has 4 nitrogen and oxygen atoms in total. The first kappa shape index (κ1) is 16.3. The predicted octanol–water partition coefficient (Wildman–Crippen LogP) is 2.83. The molecule has 0 aromatic rings. The number of carbonyl (C=O) groups excluding carboxylic acids is 1. The topological polar surface area (TPSA) is 32.8 Å². The highest BCUT2D eigenvalue weighted by atomic mass is 16.6. The second kappa shape index (κ2) is 7.73. The number of hydrogen-bond donors (Lipinski definition) is 0. The molecular formula is C15H30N2O2. The zero-order valence-corrected chi connectivity index (χ0v) is 13.2. The molecule has 1 saturated heterocycles. The van der Waals surface area contributed by atoms with Crippen LogP contribution in [0, 0.1) is 11.8 Å². The molecule has 1 aliphatic rings. The second-order valence-corrected chi connectivity index (χ2v) is 6.60. The van der Waals surface area contributed by atoms with Crippen LogP contribution < -0.4 is 0 Å². The van der Waals surface area contributed by atoms with E-state index in [0.717, 1.165) is 32.6 Å². The maximum absolute atomic E-state index is 11.7. The van der Waals surface area contributed by atoms with Gasteiger partial charge in [-0.1, -0.05) is 27.7 Å². The van der Waals surface area contributed by atoms with Crippen molar-refractivity contribution < 1.29 is 9.53 Å². The van der Waals surface area contributed by atoms with Crippen LogP contribution in [-0.4, -0.2) is 55.2 Å². The van der Waals surface area contributed by atoms with Crippen molar-refractivity contribution in [3.8, 4) is 0 Å². The Hall–Kier alpha value is -0.770. The summed E-state index contributed by atoms with van der Waals surface area (Å²) in [5, 5.41) is 0. The third-order valence-corrected chi connectivity index (χ3v) is 3.35. The molecule has 0 aromatic heterocycles. The molecule has 1 rings (SSSR count). The third kappa shape index (κ3) is 6.28. The fourth-order valence-electron chi connectivity index (χ4n) is 2.59. The van der Waals surface area contributed by atoms with Crippen LogP contribution in [0.15, 0.2) is 0 Å². The van der Waals surface area contributed by atoms with E-state index >= 15 is 0 Å². The summed E-state index contributed by atoms with van der Waals surface area (Å²) in [6.45, 7) is 12.3. The van der Waals surface area contributed by atoms with E-state index in [9.17, 15) is 4.79 Å². The van der Waals surface area contributed by atoms with Crippen LogP contribution in [0.25, 0.3) is 0 Å². The van der Waals surface area contributed by atoms with Gasteiger partial charge in [-0.15, -0.1) is 0 Å². The van der Waals surface area contributed by atoms with Crippen molar-refractivity contribution in [1.82, 2.24) is 9.80 Å². The molecule has 0 aliphatic carbocycles. The van der Waals surface area contributed by atoms with Crippen molar-refractivity contribution >= 4 is 6.09 Å². The molecule has 1 aliphatic heterocycles. The smallest absolute Gasteiger partial charge is 0.410 e. The first-order valence-electron chi connectivity index (χ1n) is 7.52. The van der Waals surface area contributed by atoms with Gasteiger partial charge in [0.1, 0.15) is 6.10 Å². The van der Waals surface area contributed by atoms with E-state index in [-0.39, 0.29) is 12.2 Å². The van der Waals surface area contributed by atoms with Gasteiger partial charge in [0.25, 0.3) is 0 Å². The number of nitrogens with zero attached hydrogens (tertiary/aromatic N) is 2. The number of hydrogen-bond acceptors (Lipinski definition) is 3. The summed E-state index contributed by atoms with van der Waals surface area (Å²) < 4.78 is 5.43. The molecule has 1 heterocycles. The standard InChI is InChI=1S/C15H30N2O2/c1-12(2)7-6-8-17-11-14(19-15(17)18)10-16(5)9-13(3)4/h12-14H,6-11H2,1-5H3/t14-/m1/s1. The molecule has 19 heavy (non-hydrogen) atoms. The van der Waals surface area contributed by atoms with Crippen molar-refractivity contribution in [3.05, 3.63) is 0 Å². The number of rotatable bonds is 8. The summed E-state index contributed by atoms with van der Waals surface area (Å²) >= 11 is 0. The van der Waals surface area contributed by atoms with E-state index in [1.54, 1.807) is 0 Å². The van der Waals surface area contributed by atoms with Gasteiger partial charge in [-0.25, -0.2) is 4.79 Å². The molecular weight excluding hydrogens is 240 g/mol.